The zero-order valence-electron chi connectivity index (χ0n) is 11.5. The van der Waals surface area contributed by atoms with Crippen LogP contribution in [0.5, 0.6) is 0 Å². The number of aryl methyl sites for hydroxylation is 2. The molecule has 1 fully saturated rings. The summed E-state index contributed by atoms with van der Waals surface area (Å²) < 4.78 is 0. The largest absolute Gasteiger partial charge is 0.250 e. The second kappa shape index (κ2) is 5.16. The van der Waals surface area contributed by atoms with Gasteiger partial charge in [-0.2, -0.15) is 0 Å². The van der Waals surface area contributed by atoms with Crippen LogP contribution >= 0.6 is 0 Å². The molecule has 98 valence electrons. The second-order valence-electron chi connectivity index (χ2n) is 5.45. The number of nitrogens with one attached hydrogen (secondary N) is 2. The Hall–Kier alpha value is -1.64. The van der Waals surface area contributed by atoms with Crippen LogP contribution in [-0.2, 0) is 0 Å². The molecule has 2 atom stereocenters. The summed E-state index contributed by atoms with van der Waals surface area (Å²) in [6.45, 7) is 4.25. The van der Waals surface area contributed by atoms with Crippen molar-refractivity contribution in [3.8, 4) is 0 Å². The summed E-state index contributed by atoms with van der Waals surface area (Å²) in [4.78, 5) is 0. The van der Waals surface area contributed by atoms with Gasteiger partial charge in [0.05, 0.1) is 0 Å². The van der Waals surface area contributed by atoms with Crippen molar-refractivity contribution in [1.82, 2.24) is 10.9 Å². The van der Waals surface area contributed by atoms with E-state index in [9.17, 15) is 0 Å². The first-order valence-corrected chi connectivity index (χ1v) is 6.86. The van der Waals surface area contributed by atoms with Crippen molar-refractivity contribution in [3.63, 3.8) is 0 Å². The Kier molecular flexibility index (Phi) is 3.36. The van der Waals surface area contributed by atoms with Gasteiger partial charge in [0.15, 0.2) is 0 Å². The highest BCUT2D eigenvalue weighted by molar-refractivity contribution is 5.28. The molecule has 2 unspecified atom stereocenters. The molecule has 3 rings (SSSR count). The van der Waals surface area contributed by atoms with Gasteiger partial charge in [-0.1, -0.05) is 59.7 Å². The number of hydrogen-bond donors (Lipinski definition) is 2. The molecule has 0 amide bonds. The molecule has 2 aromatic carbocycles. The lowest BCUT2D eigenvalue weighted by molar-refractivity contribution is 0.555. The van der Waals surface area contributed by atoms with Crippen molar-refractivity contribution in [2.45, 2.75) is 32.4 Å². The quantitative estimate of drug-likeness (QED) is 0.853. The summed E-state index contributed by atoms with van der Waals surface area (Å²) in [6, 6.07) is 18.4. The molecular formula is C17H20N2. The van der Waals surface area contributed by atoms with Crippen molar-refractivity contribution in [3.05, 3.63) is 70.8 Å². The average Bonchev–Trinajstić information content (AvgIpc) is 2.90. The number of benzene rings is 2. The lowest BCUT2D eigenvalue weighted by Gasteiger charge is -2.10. The van der Waals surface area contributed by atoms with E-state index in [1.54, 1.807) is 0 Å². The Labute approximate surface area is 114 Å². The minimum Gasteiger partial charge on any atom is -0.250 e. The summed E-state index contributed by atoms with van der Waals surface area (Å²) in [5.41, 5.74) is 12.1. The van der Waals surface area contributed by atoms with Crippen LogP contribution in [-0.4, -0.2) is 0 Å². The fourth-order valence-corrected chi connectivity index (χ4v) is 2.59. The Morgan fingerprint density at radius 1 is 0.684 bits per heavy atom. The topological polar surface area (TPSA) is 24.1 Å². The molecule has 1 heterocycles. The predicted molar refractivity (Wildman–Crippen MR) is 78.7 cm³/mol. The van der Waals surface area contributed by atoms with E-state index < -0.39 is 0 Å². The highest BCUT2D eigenvalue weighted by atomic mass is 15.4. The molecule has 2 N–H and O–H groups in total. The van der Waals surface area contributed by atoms with Gasteiger partial charge in [-0.05, 0) is 31.4 Å². The van der Waals surface area contributed by atoms with Crippen LogP contribution in [0.4, 0.5) is 0 Å². The van der Waals surface area contributed by atoms with Gasteiger partial charge < -0.3 is 0 Å². The van der Waals surface area contributed by atoms with Gasteiger partial charge in [0.1, 0.15) is 0 Å². The smallest absolute Gasteiger partial charge is 0.0481 e. The van der Waals surface area contributed by atoms with Gasteiger partial charge in [0, 0.05) is 12.1 Å². The van der Waals surface area contributed by atoms with E-state index >= 15 is 0 Å². The third-order valence-electron chi connectivity index (χ3n) is 3.86. The van der Waals surface area contributed by atoms with Crippen LogP contribution in [0.15, 0.2) is 48.5 Å². The standard InChI is InChI=1S/C17H20N2/c1-12-3-7-14(8-4-12)16-11-17(19-18-16)15-9-5-13(2)6-10-15/h3-10,16-19H,11H2,1-2H3. The maximum Gasteiger partial charge on any atom is 0.0481 e. The van der Waals surface area contributed by atoms with Crippen molar-refractivity contribution < 1.29 is 0 Å². The molecule has 1 saturated heterocycles. The Morgan fingerprint density at radius 2 is 1.05 bits per heavy atom. The number of rotatable bonds is 2. The first-order valence-electron chi connectivity index (χ1n) is 6.86. The Balaban J connectivity index is 1.73. The molecule has 0 radical (unpaired) electrons. The minimum absolute atomic E-state index is 0.395. The third-order valence-corrected chi connectivity index (χ3v) is 3.86. The lowest BCUT2D eigenvalue weighted by Crippen LogP contribution is -2.26. The molecule has 0 saturated carbocycles. The van der Waals surface area contributed by atoms with Gasteiger partial charge >= 0.3 is 0 Å². The molecule has 0 aromatic heterocycles. The highest BCUT2D eigenvalue weighted by Crippen LogP contribution is 2.30. The summed E-state index contributed by atoms with van der Waals surface area (Å²) in [5.74, 6) is 0. The normalized spacial score (nSPS) is 22.6. The molecule has 2 aromatic rings. The Morgan fingerprint density at radius 3 is 1.42 bits per heavy atom. The van der Waals surface area contributed by atoms with E-state index in [-0.39, 0.29) is 0 Å². The zero-order valence-corrected chi connectivity index (χ0v) is 11.5. The van der Waals surface area contributed by atoms with Gasteiger partial charge in [-0.25, -0.2) is 10.9 Å². The second-order valence-corrected chi connectivity index (χ2v) is 5.45. The van der Waals surface area contributed by atoms with Crippen LogP contribution in [0.3, 0.4) is 0 Å². The van der Waals surface area contributed by atoms with Crippen LogP contribution in [0, 0.1) is 13.8 Å². The summed E-state index contributed by atoms with van der Waals surface area (Å²) in [6.07, 6.45) is 1.09. The van der Waals surface area contributed by atoms with E-state index in [2.05, 4.69) is 73.2 Å². The van der Waals surface area contributed by atoms with Gasteiger partial charge in [-0.15, -0.1) is 0 Å². The first-order chi connectivity index (χ1) is 9.22. The van der Waals surface area contributed by atoms with Crippen LogP contribution in [0.1, 0.15) is 40.8 Å². The van der Waals surface area contributed by atoms with Gasteiger partial charge in [0.2, 0.25) is 0 Å². The Bertz CT molecular complexity index is 491. The predicted octanol–water partition coefficient (Wildman–Crippen LogP) is 3.58. The zero-order chi connectivity index (χ0) is 13.2. The molecule has 0 aliphatic carbocycles. The monoisotopic (exact) mass is 252 g/mol. The third kappa shape index (κ3) is 2.70. The maximum absolute atomic E-state index is 3.41. The average molecular weight is 252 g/mol. The van der Waals surface area contributed by atoms with E-state index in [1.165, 1.54) is 22.3 Å². The summed E-state index contributed by atoms with van der Waals surface area (Å²) in [5, 5.41) is 0. The number of hydrazine groups is 1. The molecule has 2 nitrogen and oxygen atoms in total. The van der Waals surface area contributed by atoms with Crippen molar-refractivity contribution in [2.75, 3.05) is 0 Å². The maximum atomic E-state index is 3.41. The molecule has 2 heteroatoms. The minimum atomic E-state index is 0.395. The number of hydrogen-bond acceptors (Lipinski definition) is 2. The van der Waals surface area contributed by atoms with Crippen LogP contribution < -0.4 is 10.9 Å². The SMILES string of the molecule is Cc1ccc(C2CC(c3ccc(C)cc3)NN2)cc1. The van der Waals surface area contributed by atoms with Crippen LogP contribution in [0.2, 0.25) is 0 Å². The molecule has 1 aliphatic heterocycles. The van der Waals surface area contributed by atoms with Crippen molar-refractivity contribution in [2.24, 2.45) is 0 Å². The van der Waals surface area contributed by atoms with E-state index in [0.717, 1.165) is 6.42 Å². The summed E-state index contributed by atoms with van der Waals surface area (Å²) >= 11 is 0. The van der Waals surface area contributed by atoms with Gasteiger partial charge in [-0.3, -0.25) is 0 Å². The molecule has 19 heavy (non-hydrogen) atoms. The molecular weight excluding hydrogens is 232 g/mol. The fourth-order valence-electron chi connectivity index (χ4n) is 2.59. The molecule has 1 aliphatic rings. The van der Waals surface area contributed by atoms with Crippen molar-refractivity contribution in [1.29, 1.82) is 0 Å². The van der Waals surface area contributed by atoms with Gasteiger partial charge in [0.25, 0.3) is 0 Å². The van der Waals surface area contributed by atoms with Crippen LogP contribution in [0.25, 0.3) is 0 Å². The first kappa shape index (κ1) is 12.4. The van der Waals surface area contributed by atoms with E-state index in [1.807, 2.05) is 0 Å². The van der Waals surface area contributed by atoms with Crippen molar-refractivity contribution >= 4 is 0 Å². The lowest BCUT2D eigenvalue weighted by atomic mass is 9.97. The molecule has 0 bridgehead atoms. The summed E-state index contributed by atoms with van der Waals surface area (Å²) in [7, 11) is 0. The molecule has 0 spiro atoms. The highest BCUT2D eigenvalue weighted by Gasteiger charge is 2.25. The fraction of sp³-hybridized carbons (Fsp3) is 0.294. The van der Waals surface area contributed by atoms with E-state index in [0.29, 0.717) is 12.1 Å². The van der Waals surface area contributed by atoms with E-state index in [4.69, 9.17) is 0 Å².